The van der Waals surface area contributed by atoms with Gasteiger partial charge in [-0.1, -0.05) is 23.7 Å². The van der Waals surface area contributed by atoms with Crippen molar-refractivity contribution in [3.05, 3.63) is 70.2 Å². The fraction of sp³-hybridized carbons (Fsp3) is 0.150. The summed E-state index contributed by atoms with van der Waals surface area (Å²) in [6, 6.07) is 12.8. The van der Waals surface area contributed by atoms with E-state index < -0.39 is 13.9 Å². The Hall–Kier alpha value is -2.24. The number of methoxy groups -OCH3 is 1. The zero-order valence-corrected chi connectivity index (χ0v) is 17.4. The molecule has 0 fully saturated rings. The number of halogens is 1. The van der Waals surface area contributed by atoms with Crippen LogP contribution in [0.2, 0.25) is 5.02 Å². The minimum absolute atomic E-state index is 0.160. The van der Waals surface area contributed by atoms with Gasteiger partial charge in [-0.3, -0.25) is 4.79 Å². The van der Waals surface area contributed by atoms with E-state index >= 15 is 0 Å². The second kappa shape index (κ2) is 9.30. The van der Waals surface area contributed by atoms with E-state index in [1.54, 1.807) is 25.3 Å². The number of hydrogen-bond acceptors (Lipinski definition) is 4. The maximum atomic E-state index is 12.8. The molecular weight excluding hydrogens is 417 g/mol. The third-order valence-corrected chi connectivity index (χ3v) is 6.09. The van der Waals surface area contributed by atoms with Crippen molar-refractivity contribution in [3.8, 4) is 5.75 Å². The summed E-state index contributed by atoms with van der Waals surface area (Å²) in [5.74, 6) is -0.391. The molecule has 3 aromatic rings. The number of ether oxygens (including phenoxy) is 1. The van der Waals surface area contributed by atoms with E-state index in [2.05, 4.69) is 5.32 Å². The van der Waals surface area contributed by atoms with Crippen LogP contribution in [0.4, 0.5) is 0 Å². The molecule has 0 saturated carbocycles. The lowest BCUT2D eigenvalue weighted by Crippen LogP contribution is -2.26. The van der Waals surface area contributed by atoms with Crippen LogP contribution >= 0.6 is 31.0 Å². The summed E-state index contributed by atoms with van der Waals surface area (Å²) in [4.78, 5) is 22.2. The molecule has 0 aliphatic heterocycles. The molecule has 1 amide bonds. The van der Waals surface area contributed by atoms with Crippen LogP contribution in [0.1, 0.15) is 17.0 Å². The standard InChI is InChI=1S/C20H17ClNO4PS/c1-26-15-4-2-3-13(9-15)7-8-22-20(23)17(11-27(24)25)18-12-28-19-6-5-14(21)10-16(18)19/h2-10,12,17H,11H2,1H3,(H-,22,23,24,25)/p+1/b8-7+. The number of fused-ring (bicyclic) bond motifs is 1. The van der Waals surface area contributed by atoms with Crippen molar-refractivity contribution < 1.29 is 19.0 Å². The number of benzene rings is 2. The Balaban J connectivity index is 1.82. The van der Waals surface area contributed by atoms with Gasteiger partial charge in [0.25, 0.3) is 0 Å². The number of thiophene rings is 1. The average molecular weight is 435 g/mol. The van der Waals surface area contributed by atoms with E-state index in [1.807, 2.05) is 35.7 Å². The predicted octanol–water partition coefficient (Wildman–Crippen LogP) is 5.17. The molecule has 2 atom stereocenters. The Morgan fingerprint density at radius 3 is 2.93 bits per heavy atom. The number of carbonyl (C=O) groups is 1. The molecule has 144 valence electrons. The summed E-state index contributed by atoms with van der Waals surface area (Å²) in [5.41, 5.74) is 1.56. The fourth-order valence-electron chi connectivity index (χ4n) is 2.84. The molecule has 0 spiro atoms. The molecule has 1 aromatic heterocycles. The van der Waals surface area contributed by atoms with Crippen molar-refractivity contribution in [2.24, 2.45) is 0 Å². The number of carbonyl (C=O) groups excluding carboxylic acids is 1. The van der Waals surface area contributed by atoms with E-state index in [1.165, 1.54) is 17.5 Å². The normalized spacial score (nSPS) is 12.9. The summed E-state index contributed by atoms with van der Waals surface area (Å²) in [5, 5.41) is 5.94. The smallest absolute Gasteiger partial charge is 0.497 e. The SMILES string of the molecule is COc1cccc(/C=C/NC(=O)C(C[P+](=O)O)c2csc3ccc(Cl)cc23)c1. The predicted molar refractivity (Wildman–Crippen MR) is 114 cm³/mol. The van der Waals surface area contributed by atoms with E-state index in [0.717, 1.165) is 15.6 Å². The van der Waals surface area contributed by atoms with Crippen LogP contribution in [-0.2, 0) is 9.36 Å². The first-order valence-electron chi connectivity index (χ1n) is 8.39. The lowest BCUT2D eigenvalue weighted by Gasteiger charge is -2.10. The van der Waals surface area contributed by atoms with Gasteiger partial charge in [-0.25, -0.2) is 0 Å². The summed E-state index contributed by atoms with van der Waals surface area (Å²) < 4.78 is 17.6. The first-order chi connectivity index (χ1) is 13.5. The number of rotatable bonds is 7. The van der Waals surface area contributed by atoms with Crippen LogP contribution in [0, 0.1) is 0 Å². The molecule has 0 aliphatic rings. The summed E-state index contributed by atoms with van der Waals surface area (Å²) in [7, 11) is -0.899. The molecule has 0 aliphatic carbocycles. The second-order valence-corrected chi connectivity index (χ2v) is 8.45. The minimum Gasteiger partial charge on any atom is -0.497 e. The number of nitrogens with one attached hydrogen (secondary N) is 1. The average Bonchev–Trinajstić information content (AvgIpc) is 3.08. The highest BCUT2D eigenvalue weighted by atomic mass is 35.5. The first-order valence-corrected chi connectivity index (χ1v) is 11.0. The number of amides is 1. The van der Waals surface area contributed by atoms with Gasteiger partial charge in [-0.2, -0.15) is 4.89 Å². The van der Waals surface area contributed by atoms with Gasteiger partial charge in [0, 0.05) is 15.9 Å². The van der Waals surface area contributed by atoms with Gasteiger partial charge in [0.1, 0.15) is 11.7 Å². The number of hydrogen-bond donors (Lipinski definition) is 2. The molecule has 28 heavy (non-hydrogen) atoms. The zero-order valence-electron chi connectivity index (χ0n) is 15.0. The van der Waals surface area contributed by atoms with Crippen LogP contribution in [0.5, 0.6) is 5.75 Å². The Morgan fingerprint density at radius 1 is 1.36 bits per heavy atom. The highest BCUT2D eigenvalue weighted by molar-refractivity contribution is 7.38. The highest BCUT2D eigenvalue weighted by Gasteiger charge is 2.31. The van der Waals surface area contributed by atoms with Gasteiger partial charge in [-0.05, 0) is 62.9 Å². The van der Waals surface area contributed by atoms with Gasteiger partial charge < -0.3 is 10.1 Å². The third kappa shape index (κ3) is 4.97. The van der Waals surface area contributed by atoms with Gasteiger partial charge >= 0.3 is 8.03 Å². The van der Waals surface area contributed by atoms with Crippen LogP contribution in [0.15, 0.2) is 54.0 Å². The van der Waals surface area contributed by atoms with Gasteiger partial charge in [-0.15, -0.1) is 11.3 Å². The molecule has 1 heterocycles. The molecule has 2 aromatic carbocycles. The monoisotopic (exact) mass is 434 g/mol. The summed E-state index contributed by atoms with van der Waals surface area (Å²) >= 11 is 7.56. The molecule has 0 bridgehead atoms. The molecule has 0 radical (unpaired) electrons. The van der Waals surface area contributed by atoms with E-state index in [4.69, 9.17) is 16.3 Å². The van der Waals surface area contributed by atoms with Crippen LogP contribution < -0.4 is 10.1 Å². The third-order valence-electron chi connectivity index (χ3n) is 4.19. The quantitative estimate of drug-likeness (QED) is 0.503. The van der Waals surface area contributed by atoms with E-state index in [-0.39, 0.29) is 12.1 Å². The van der Waals surface area contributed by atoms with Crippen LogP contribution in [0.25, 0.3) is 16.2 Å². The lowest BCUT2D eigenvalue weighted by molar-refractivity contribution is -0.121. The van der Waals surface area contributed by atoms with Crippen molar-refractivity contribution in [3.63, 3.8) is 0 Å². The molecule has 0 saturated heterocycles. The zero-order chi connectivity index (χ0) is 20.1. The van der Waals surface area contributed by atoms with Gasteiger partial charge in [0.15, 0.2) is 6.16 Å². The van der Waals surface area contributed by atoms with Crippen LogP contribution in [0.3, 0.4) is 0 Å². The van der Waals surface area contributed by atoms with Crippen molar-refractivity contribution in [1.29, 1.82) is 0 Å². The maximum absolute atomic E-state index is 12.8. The van der Waals surface area contributed by atoms with Gasteiger partial charge in [0.2, 0.25) is 5.91 Å². The van der Waals surface area contributed by atoms with Crippen molar-refractivity contribution >= 4 is 53.0 Å². The van der Waals surface area contributed by atoms with Crippen molar-refractivity contribution in [2.75, 3.05) is 13.3 Å². The topological polar surface area (TPSA) is 75.6 Å². The molecule has 5 nitrogen and oxygen atoms in total. The van der Waals surface area contributed by atoms with E-state index in [0.29, 0.717) is 16.3 Å². The lowest BCUT2D eigenvalue weighted by atomic mass is 9.99. The molecule has 8 heteroatoms. The highest BCUT2D eigenvalue weighted by Crippen LogP contribution is 2.36. The summed E-state index contributed by atoms with van der Waals surface area (Å²) in [6.45, 7) is 0. The fourth-order valence-corrected chi connectivity index (χ4v) is 4.68. The Labute approximate surface area is 172 Å². The minimum atomic E-state index is -2.49. The van der Waals surface area contributed by atoms with Crippen molar-refractivity contribution in [1.82, 2.24) is 5.32 Å². The first kappa shape index (κ1) is 20.5. The van der Waals surface area contributed by atoms with E-state index in [9.17, 15) is 14.3 Å². The molecule has 2 N–H and O–H groups in total. The Bertz CT molecular complexity index is 1050. The summed E-state index contributed by atoms with van der Waals surface area (Å²) in [6.07, 6.45) is 3.10. The van der Waals surface area contributed by atoms with Gasteiger partial charge in [0.05, 0.1) is 7.11 Å². The largest absolute Gasteiger partial charge is 0.506 e. The Morgan fingerprint density at radius 2 is 2.18 bits per heavy atom. The molecule has 2 unspecified atom stereocenters. The molecule has 3 rings (SSSR count). The van der Waals surface area contributed by atoms with Crippen LogP contribution in [-0.4, -0.2) is 24.1 Å². The maximum Gasteiger partial charge on any atom is 0.506 e. The van der Waals surface area contributed by atoms with Crippen molar-refractivity contribution in [2.45, 2.75) is 5.92 Å². The second-order valence-electron chi connectivity index (χ2n) is 6.04. The Kier molecular flexibility index (Phi) is 6.81. The molecular formula is C20H18ClNO4PS+.